The number of ketones is 1. The summed E-state index contributed by atoms with van der Waals surface area (Å²) in [6.07, 6.45) is 3.64. The predicted octanol–water partition coefficient (Wildman–Crippen LogP) is 4.31. The minimum absolute atomic E-state index is 0.0396. The Morgan fingerprint density at radius 1 is 1.00 bits per heavy atom. The summed E-state index contributed by atoms with van der Waals surface area (Å²) in [6, 6.07) is 20.7. The van der Waals surface area contributed by atoms with Gasteiger partial charge in [0.1, 0.15) is 10.8 Å². The number of carbonyl (C=O) groups is 1. The summed E-state index contributed by atoms with van der Waals surface area (Å²) < 4.78 is 6.91. The molecule has 0 aliphatic rings. The molecular weight excluding hydrogens is 384 g/mol. The molecule has 0 saturated heterocycles. The molecule has 4 rings (SSSR count). The first kappa shape index (κ1) is 18.9. The molecule has 0 aliphatic heterocycles. The quantitative estimate of drug-likeness (QED) is 0.339. The second kappa shape index (κ2) is 8.70. The molecule has 0 atom stereocenters. The van der Waals surface area contributed by atoms with Crippen molar-refractivity contribution in [1.82, 2.24) is 20.0 Å². The van der Waals surface area contributed by atoms with Gasteiger partial charge in [0.05, 0.1) is 24.2 Å². The highest BCUT2D eigenvalue weighted by Crippen LogP contribution is 2.22. The van der Waals surface area contributed by atoms with E-state index in [2.05, 4.69) is 15.3 Å². The lowest BCUT2D eigenvalue weighted by atomic mass is 10.1. The van der Waals surface area contributed by atoms with Gasteiger partial charge in [-0.15, -0.1) is 10.2 Å². The van der Waals surface area contributed by atoms with E-state index in [4.69, 9.17) is 4.74 Å². The van der Waals surface area contributed by atoms with E-state index < -0.39 is 0 Å². The van der Waals surface area contributed by atoms with E-state index in [-0.39, 0.29) is 5.78 Å². The number of nitrogens with zero attached hydrogens (tertiary/aromatic N) is 4. The Kier molecular flexibility index (Phi) is 5.67. The van der Waals surface area contributed by atoms with E-state index in [0.29, 0.717) is 16.3 Å². The Bertz CT molecular complexity index is 1080. The van der Waals surface area contributed by atoms with Gasteiger partial charge in [-0.05, 0) is 54.6 Å². The molecule has 2 heterocycles. The molecule has 6 nitrogen and oxygen atoms in total. The average Bonchev–Trinajstić information content (AvgIpc) is 3.33. The summed E-state index contributed by atoms with van der Waals surface area (Å²) in [6.45, 7) is 0. The lowest BCUT2D eigenvalue weighted by Gasteiger charge is -2.05. The molecule has 0 bridgehead atoms. The Balaban J connectivity index is 1.38. The van der Waals surface area contributed by atoms with Crippen LogP contribution in [0.15, 0.2) is 84.1 Å². The Morgan fingerprint density at radius 3 is 2.41 bits per heavy atom. The van der Waals surface area contributed by atoms with Gasteiger partial charge < -0.3 is 4.74 Å². The fraction of sp³-hybridized carbons (Fsp3) is 0.0909. The summed E-state index contributed by atoms with van der Waals surface area (Å²) in [5, 5.41) is 13.5. The molecule has 4 aromatic rings. The maximum Gasteiger partial charge on any atom is 0.173 e. The molecule has 0 amide bonds. The lowest BCUT2D eigenvalue weighted by Crippen LogP contribution is -2.02. The van der Waals surface area contributed by atoms with Gasteiger partial charge in [0.25, 0.3) is 0 Å². The Hall–Kier alpha value is -3.45. The van der Waals surface area contributed by atoms with Gasteiger partial charge in [-0.25, -0.2) is 4.68 Å². The summed E-state index contributed by atoms with van der Waals surface area (Å²) in [7, 11) is 1.60. The standard InChI is InChI=1S/C22H18N4O2S/c1-28-19-9-5-17(6-10-19)21(27)15-29-22-12-11-20(24-25-22)16-3-7-18(8-4-16)26-14-2-13-23-26/h2-14H,15H2,1H3. The normalized spacial score (nSPS) is 10.7. The van der Waals surface area contributed by atoms with Crippen molar-refractivity contribution in [2.75, 3.05) is 12.9 Å². The number of Topliss-reactive ketones (excluding diaryl/α,β-unsaturated/α-hetero) is 1. The van der Waals surface area contributed by atoms with Crippen LogP contribution in [0, 0.1) is 0 Å². The second-order valence-corrected chi connectivity index (χ2v) is 7.19. The smallest absolute Gasteiger partial charge is 0.173 e. The number of methoxy groups -OCH3 is 1. The number of rotatable bonds is 7. The van der Waals surface area contributed by atoms with Crippen LogP contribution >= 0.6 is 11.8 Å². The van der Waals surface area contributed by atoms with E-state index in [1.165, 1.54) is 11.8 Å². The van der Waals surface area contributed by atoms with Gasteiger partial charge in [0.2, 0.25) is 0 Å². The zero-order valence-electron chi connectivity index (χ0n) is 15.7. The third kappa shape index (κ3) is 4.52. The molecule has 0 saturated carbocycles. The van der Waals surface area contributed by atoms with E-state index in [0.717, 1.165) is 22.7 Å². The molecule has 0 spiro atoms. The number of aromatic nitrogens is 4. The number of hydrogen-bond donors (Lipinski definition) is 0. The molecular formula is C22H18N4O2S. The minimum Gasteiger partial charge on any atom is -0.497 e. The molecule has 29 heavy (non-hydrogen) atoms. The summed E-state index contributed by atoms with van der Waals surface area (Å²) in [5.41, 5.74) is 3.39. The number of thioether (sulfide) groups is 1. The van der Waals surface area contributed by atoms with E-state index in [1.807, 2.05) is 48.7 Å². The van der Waals surface area contributed by atoms with Crippen LogP contribution in [-0.4, -0.2) is 38.6 Å². The van der Waals surface area contributed by atoms with Crippen molar-refractivity contribution in [2.45, 2.75) is 5.03 Å². The maximum atomic E-state index is 12.3. The van der Waals surface area contributed by atoms with E-state index in [1.54, 1.807) is 42.3 Å². The first-order chi connectivity index (χ1) is 14.2. The van der Waals surface area contributed by atoms with Crippen molar-refractivity contribution in [2.24, 2.45) is 0 Å². The van der Waals surface area contributed by atoms with Crippen molar-refractivity contribution in [3.63, 3.8) is 0 Å². The number of benzene rings is 2. The van der Waals surface area contributed by atoms with Gasteiger partial charge in [-0.1, -0.05) is 23.9 Å². The van der Waals surface area contributed by atoms with Crippen LogP contribution in [0.1, 0.15) is 10.4 Å². The zero-order chi connectivity index (χ0) is 20.1. The van der Waals surface area contributed by atoms with Crippen LogP contribution in [0.5, 0.6) is 5.75 Å². The molecule has 144 valence electrons. The summed E-state index contributed by atoms with van der Waals surface area (Å²) in [5.74, 6) is 1.07. The van der Waals surface area contributed by atoms with Crippen molar-refractivity contribution in [1.29, 1.82) is 0 Å². The highest BCUT2D eigenvalue weighted by Gasteiger charge is 2.09. The second-order valence-electron chi connectivity index (χ2n) is 6.19. The zero-order valence-corrected chi connectivity index (χ0v) is 16.5. The molecule has 0 N–H and O–H groups in total. The van der Waals surface area contributed by atoms with Crippen LogP contribution in [0.25, 0.3) is 16.9 Å². The third-order valence-electron chi connectivity index (χ3n) is 4.34. The first-order valence-electron chi connectivity index (χ1n) is 8.97. The fourth-order valence-electron chi connectivity index (χ4n) is 2.76. The topological polar surface area (TPSA) is 69.9 Å². The molecule has 7 heteroatoms. The molecule has 0 radical (unpaired) electrons. The van der Waals surface area contributed by atoms with Crippen LogP contribution in [0.3, 0.4) is 0 Å². The molecule has 2 aromatic heterocycles. The van der Waals surface area contributed by atoms with Crippen LogP contribution in [-0.2, 0) is 0 Å². The van der Waals surface area contributed by atoms with Gasteiger partial charge >= 0.3 is 0 Å². The highest BCUT2D eigenvalue weighted by atomic mass is 32.2. The first-order valence-corrected chi connectivity index (χ1v) is 9.96. The average molecular weight is 402 g/mol. The van der Waals surface area contributed by atoms with E-state index >= 15 is 0 Å². The number of carbonyl (C=O) groups excluding carboxylic acids is 1. The van der Waals surface area contributed by atoms with Crippen LogP contribution in [0.4, 0.5) is 0 Å². The lowest BCUT2D eigenvalue weighted by molar-refractivity contribution is 0.102. The SMILES string of the molecule is COc1ccc(C(=O)CSc2ccc(-c3ccc(-n4cccn4)cc3)nn2)cc1. The van der Waals surface area contributed by atoms with Crippen molar-refractivity contribution in [3.05, 3.63) is 84.7 Å². The van der Waals surface area contributed by atoms with Gasteiger partial charge in [-0.2, -0.15) is 5.10 Å². The van der Waals surface area contributed by atoms with Crippen molar-refractivity contribution >= 4 is 17.5 Å². The summed E-state index contributed by atoms with van der Waals surface area (Å²) in [4.78, 5) is 12.3. The van der Waals surface area contributed by atoms with Gasteiger partial charge in [0.15, 0.2) is 5.78 Å². The van der Waals surface area contributed by atoms with E-state index in [9.17, 15) is 4.79 Å². The Labute approximate surface area is 172 Å². The molecule has 0 unspecified atom stereocenters. The van der Waals surface area contributed by atoms with Crippen LogP contribution in [0.2, 0.25) is 0 Å². The largest absolute Gasteiger partial charge is 0.497 e. The third-order valence-corrected chi connectivity index (χ3v) is 5.26. The number of ether oxygens (including phenoxy) is 1. The van der Waals surface area contributed by atoms with Gasteiger partial charge in [0, 0.05) is 23.5 Å². The highest BCUT2D eigenvalue weighted by molar-refractivity contribution is 7.99. The fourth-order valence-corrected chi connectivity index (χ4v) is 3.47. The van der Waals surface area contributed by atoms with Crippen molar-refractivity contribution < 1.29 is 9.53 Å². The predicted molar refractivity (Wildman–Crippen MR) is 113 cm³/mol. The molecule has 0 aliphatic carbocycles. The number of hydrogen-bond acceptors (Lipinski definition) is 6. The minimum atomic E-state index is 0.0396. The summed E-state index contributed by atoms with van der Waals surface area (Å²) >= 11 is 1.37. The van der Waals surface area contributed by atoms with Crippen LogP contribution < -0.4 is 4.74 Å². The Morgan fingerprint density at radius 2 is 1.79 bits per heavy atom. The maximum absolute atomic E-state index is 12.3. The monoisotopic (exact) mass is 402 g/mol. The molecule has 2 aromatic carbocycles. The molecule has 0 fully saturated rings. The van der Waals surface area contributed by atoms with Gasteiger partial charge in [-0.3, -0.25) is 4.79 Å². The van der Waals surface area contributed by atoms with Crippen molar-refractivity contribution in [3.8, 4) is 22.7 Å².